The van der Waals surface area contributed by atoms with Gasteiger partial charge in [-0.15, -0.1) is 11.3 Å². The van der Waals surface area contributed by atoms with Crippen molar-refractivity contribution in [2.24, 2.45) is 0 Å². The molecule has 0 aliphatic carbocycles. The van der Waals surface area contributed by atoms with Gasteiger partial charge in [0.2, 0.25) is 5.91 Å². The van der Waals surface area contributed by atoms with Crippen LogP contribution in [0.4, 0.5) is 5.13 Å². The summed E-state index contributed by atoms with van der Waals surface area (Å²) in [7, 11) is 3.34. The number of hydrogen-bond donors (Lipinski definition) is 1. The molecule has 1 aliphatic heterocycles. The molecule has 1 aromatic heterocycles. The highest BCUT2D eigenvalue weighted by Gasteiger charge is 2.42. The SMILES string of the molecule is COc1ccc([C@H]2[C@@H](C(=O)Nc3nccs3)c3ccccc3C(=O)N2C)cc1. The summed E-state index contributed by atoms with van der Waals surface area (Å²) in [6.07, 6.45) is 1.64. The second-order valence-corrected chi connectivity index (χ2v) is 7.42. The Morgan fingerprint density at radius 2 is 1.93 bits per heavy atom. The smallest absolute Gasteiger partial charge is 0.254 e. The molecule has 0 spiro atoms. The monoisotopic (exact) mass is 393 g/mol. The van der Waals surface area contributed by atoms with Crippen molar-refractivity contribution in [3.05, 3.63) is 76.8 Å². The first-order valence-electron chi connectivity index (χ1n) is 8.80. The van der Waals surface area contributed by atoms with Crippen LogP contribution in [-0.2, 0) is 4.79 Å². The highest BCUT2D eigenvalue weighted by Crippen LogP contribution is 2.42. The Balaban J connectivity index is 1.80. The quantitative estimate of drug-likeness (QED) is 0.734. The number of aromatic nitrogens is 1. The second-order valence-electron chi connectivity index (χ2n) is 6.53. The average Bonchev–Trinajstić information content (AvgIpc) is 3.23. The summed E-state index contributed by atoms with van der Waals surface area (Å²) in [5, 5.41) is 5.24. The van der Waals surface area contributed by atoms with Gasteiger partial charge in [-0.3, -0.25) is 9.59 Å². The Labute approximate surface area is 166 Å². The van der Waals surface area contributed by atoms with Crippen LogP contribution in [-0.4, -0.2) is 35.9 Å². The molecule has 1 aliphatic rings. The van der Waals surface area contributed by atoms with Crippen LogP contribution in [0.25, 0.3) is 0 Å². The molecule has 3 aromatic rings. The molecule has 2 atom stereocenters. The van der Waals surface area contributed by atoms with Crippen molar-refractivity contribution in [1.82, 2.24) is 9.88 Å². The van der Waals surface area contributed by atoms with Crippen LogP contribution < -0.4 is 10.1 Å². The highest BCUT2D eigenvalue weighted by molar-refractivity contribution is 7.13. The molecular weight excluding hydrogens is 374 g/mol. The van der Waals surface area contributed by atoms with E-state index >= 15 is 0 Å². The molecule has 1 N–H and O–H groups in total. The number of carbonyl (C=O) groups is 2. The summed E-state index contributed by atoms with van der Waals surface area (Å²) >= 11 is 1.36. The lowest BCUT2D eigenvalue weighted by atomic mass is 9.79. The van der Waals surface area contributed by atoms with Gasteiger partial charge in [0, 0.05) is 24.2 Å². The number of hydrogen-bond acceptors (Lipinski definition) is 5. The molecular formula is C21H19N3O3S. The van der Waals surface area contributed by atoms with E-state index in [-0.39, 0.29) is 11.8 Å². The number of nitrogens with zero attached hydrogens (tertiary/aromatic N) is 2. The van der Waals surface area contributed by atoms with Gasteiger partial charge in [0.25, 0.3) is 5.91 Å². The van der Waals surface area contributed by atoms with Crippen molar-refractivity contribution >= 4 is 28.3 Å². The molecule has 0 saturated carbocycles. The molecule has 0 unspecified atom stereocenters. The molecule has 0 fully saturated rings. The summed E-state index contributed by atoms with van der Waals surface area (Å²) in [5.74, 6) is -0.133. The third-order valence-electron chi connectivity index (χ3n) is 4.98. The van der Waals surface area contributed by atoms with Crippen LogP contribution in [0.5, 0.6) is 5.75 Å². The molecule has 2 aromatic carbocycles. The molecule has 2 heterocycles. The van der Waals surface area contributed by atoms with E-state index in [1.54, 1.807) is 36.7 Å². The number of anilines is 1. The van der Waals surface area contributed by atoms with Gasteiger partial charge in [0.15, 0.2) is 5.13 Å². The zero-order valence-electron chi connectivity index (χ0n) is 15.5. The number of amides is 2. The van der Waals surface area contributed by atoms with Crippen molar-refractivity contribution in [2.75, 3.05) is 19.5 Å². The standard InChI is InChI=1S/C21H19N3O3S/c1-24-18(13-7-9-14(27-2)10-8-13)17(19(25)23-21-22-11-12-28-21)15-5-3-4-6-16(15)20(24)26/h3-12,17-18H,1-2H3,(H,22,23,25)/t17-,18-/m0/s1. The Kier molecular flexibility index (Phi) is 4.83. The van der Waals surface area contributed by atoms with Crippen molar-refractivity contribution in [1.29, 1.82) is 0 Å². The van der Waals surface area contributed by atoms with Crippen LogP contribution in [0.1, 0.15) is 33.4 Å². The van der Waals surface area contributed by atoms with E-state index in [0.29, 0.717) is 10.7 Å². The van der Waals surface area contributed by atoms with Crippen molar-refractivity contribution in [2.45, 2.75) is 12.0 Å². The van der Waals surface area contributed by atoms with Gasteiger partial charge in [-0.05, 0) is 29.3 Å². The van der Waals surface area contributed by atoms with Gasteiger partial charge in [0.1, 0.15) is 5.75 Å². The zero-order chi connectivity index (χ0) is 19.7. The van der Waals surface area contributed by atoms with E-state index in [4.69, 9.17) is 4.74 Å². The predicted molar refractivity (Wildman–Crippen MR) is 108 cm³/mol. The lowest BCUT2D eigenvalue weighted by Gasteiger charge is -2.39. The number of nitrogens with one attached hydrogen (secondary N) is 1. The normalized spacial score (nSPS) is 18.5. The van der Waals surface area contributed by atoms with Gasteiger partial charge >= 0.3 is 0 Å². The Bertz CT molecular complexity index is 1000. The maximum atomic E-state index is 13.3. The molecule has 142 valence electrons. The molecule has 0 bridgehead atoms. The van der Waals surface area contributed by atoms with E-state index < -0.39 is 12.0 Å². The number of carbonyl (C=O) groups excluding carboxylic acids is 2. The summed E-state index contributed by atoms with van der Waals surface area (Å²) in [6, 6.07) is 14.3. The summed E-state index contributed by atoms with van der Waals surface area (Å²) in [6.45, 7) is 0. The Morgan fingerprint density at radius 1 is 1.18 bits per heavy atom. The maximum Gasteiger partial charge on any atom is 0.254 e. The van der Waals surface area contributed by atoms with Gasteiger partial charge < -0.3 is 15.0 Å². The number of ether oxygens (including phenoxy) is 1. The fourth-order valence-corrected chi connectivity index (χ4v) is 4.17. The van der Waals surface area contributed by atoms with Crippen molar-refractivity contribution in [3.8, 4) is 5.75 Å². The van der Waals surface area contributed by atoms with E-state index in [1.165, 1.54) is 11.3 Å². The zero-order valence-corrected chi connectivity index (χ0v) is 16.3. The van der Waals surface area contributed by atoms with Crippen LogP contribution in [0.3, 0.4) is 0 Å². The summed E-state index contributed by atoms with van der Waals surface area (Å²) < 4.78 is 5.24. The molecule has 6 nitrogen and oxygen atoms in total. The molecule has 0 radical (unpaired) electrons. The molecule has 7 heteroatoms. The molecule has 0 saturated heterocycles. The minimum absolute atomic E-state index is 0.102. The van der Waals surface area contributed by atoms with E-state index in [9.17, 15) is 9.59 Å². The van der Waals surface area contributed by atoms with E-state index in [1.807, 2.05) is 42.5 Å². The highest BCUT2D eigenvalue weighted by atomic mass is 32.1. The van der Waals surface area contributed by atoms with Gasteiger partial charge in [-0.1, -0.05) is 30.3 Å². The predicted octanol–water partition coefficient (Wildman–Crippen LogP) is 3.70. The maximum absolute atomic E-state index is 13.3. The van der Waals surface area contributed by atoms with E-state index in [0.717, 1.165) is 16.9 Å². The van der Waals surface area contributed by atoms with Crippen molar-refractivity contribution in [3.63, 3.8) is 0 Å². The lowest BCUT2D eigenvalue weighted by Crippen LogP contribution is -2.44. The minimum atomic E-state index is -0.559. The van der Waals surface area contributed by atoms with Gasteiger partial charge in [-0.2, -0.15) is 0 Å². The fraction of sp³-hybridized carbons (Fsp3) is 0.190. The number of thiazole rings is 1. The topological polar surface area (TPSA) is 71.5 Å². The molecule has 28 heavy (non-hydrogen) atoms. The number of fused-ring (bicyclic) bond motifs is 1. The molecule has 4 rings (SSSR count). The van der Waals surface area contributed by atoms with Gasteiger partial charge in [0.05, 0.1) is 19.1 Å². The first kappa shape index (κ1) is 18.2. The average molecular weight is 393 g/mol. The summed E-state index contributed by atoms with van der Waals surface area (Å²) in [4.78, 5) is 32.0. The molecule has 2 amide bonds. The van der Waals surface area contributed by atoms with Crippen LogP contribution in [0.2, 0.25) is 0 Å². The first-order valence-corrected chi connectivity index (χ1v) is 9.68. The third-order valence-corrected chi connectivity index (χ3v) is 5.67. The van der Waals surface area contributed by atoms with Crippen molar-refractivity contribution < 1.29 is 14.3 Å². The van der Waals surface area contributed by atoms with Crippen LogP contribution >= 0.6 is 11.3 Å². The lowest BCUT2D eigenvalue weighted by molar-refractivity contribution is -0.119. The Hall–Kier alpha value is -3.19. The number of methoxy groups -OCH3 is 1. The van der Waals surface area contributed by atoms with Crippen LogP contribution in [0, 0.1) is 0 Å². The van der Waals surface area contributed by atoms with E-state index in [2.05, 4.69) is 10.3 Å². The number of benzene rings is 2. The number of rotatable bonds is 4. The summed E-state index contributed by atoms with van der Waals surface area (Å²) in [5.41, 5.74) is 2.14. The first-order chi connectivity index (χ1) is 13.6. The van der Waals surface area contributed by atoms with Crippen LogP contribution in [0.15, 0.2) is 60.1 Å². The van der Waals surface area contributed by atoms with Gasteiger partial charge in [-0.25, -0.2) is 4.98 Å². The number of likely N-dealkylation sites (N-methyl/N-ethyl adjacent to an activating group) is 1. The fourth-order valence-electron chi connectivity index (χ4n) is 3.64. The Morgan fingerprint density at radius 3 is 2.61 bits per heavy atom. The minimum Gasteiger partial charge on any atom is -0.497 e. The largest absolute Gasteiger partial charge is 0.497 e. The second kappa shape index (κ2) is 7.44. The third kappa shape index (κ3) is 3.14.